The molecule has 2 unspecified atom stereocenters. The van der Waals surface area contributed by atoms with Crippen LogP contribution in [0, 0.1) is 0 Å². The molecule has 11 heavy (non-hydrogen) atoms. The van der Waals surface area contributed by atoms with E-state index >= 15 is 0 Å². The summed E-state index contributed by atoms with van der Waals surface area (Å²) in [6.07, 6.45) is 1.23. The summed E-state index contributed by atoms with van der Waals surface area (Å²) in [6.45, 7) is 0. The zero-order valence-electron chi connectivity index (χ0n) is 6.03. The van der Waals surface area contributed by atoms with Crippen molar-refractivity contribution in [2.45, 2.75) is 17.9 Å². The molecule has 1 aromatic carbocycles. The Morgan fingerprint density at radius 3 is 2.45 bits per heavy atom. The second-order valence-corrected chi connectivity index (χ2v) is 3.28. The van der Waals surface area contributed by atoms with Crippen molar-refractivity contribution >= 4 is 11.6 Å². The van der Waals surface area contributed by atoms with E-state index in [1.54, 1.807) is 0 Å². The van der Waals surface area contributed by atoms with Crippen molar-refractivity contribution in [1.82, 2.24) is 0 Å². The summed E-state index contributed by atoms with van der Waals surface area (Å²) in [6, 6.07) is 9.78. The topological polar surface area (TPSA) is 9.23 Å². The molecule has 1 aromatic rings. The van der Waals surface area contributed by atoms with Gasteiger partial charge in [-0.1, -0.05) is 18.2 Å². The first kappa shape index (κ1) is 6.99. The normalized spacial score (nSPS) is 28.1. The fraction of sp³-hybridized carbons (Fsp3) is 0.333. The highest BCUT2D eigenvalue weighted by molar-refractivity contribution is 6.23. The van der Waals surface area contributed by atoms with Crippen LogP contribution in [0.1, 0.15) is 6.42 Å². The van der Waals surface area contributed by atoms with Gasteiger partial charge in [-0.2, -0.15) is 0 Å². The van der Waals surface area contributed by atoms with Gasteiger partial charge in [-0.05, 0) is 12.1 Å². The lowest BCUT2D eigenvalue weighted by Crippen LogP contribution is -1.98. The molecule has 0 aromatic heterocycles. The quantitative estimate of drug-likeness (QED) is 0.617. The second-order valence-electron chi connectivity index (χ2n) is 2.72. The van der Waals surface area contributed by atoms with Crippen LogP contribution in [0.25, 0.3) is 0 Å². The molecule has 1 nitrogen and oxygen atoms in total. The molecule has 0 radical (unpaired) electrons. The van der Waals surface area contributed by atoms with Crippen LogP contribution in [0.5, 0.6) is 5.75 Å². The molecule has 2 rings (SSSR count). The number of para-hydroxylation sites is 1. The number of hydrogen-bond donors (Lipinski definition) is 0. The first-order valence-electron chi connectivity index (χ1n) is 3.72. The largest absolute Gasteiger partial charge is 0.489 e. The highest BCUT2D eigenvalue weighted by Crippen LogP contribution is 2.32. The number of halogens is 1. The highest BCUT2D eigenvalue weighted by atomic mass is 35.5. The molecule has 1 fully saturated rings. The maximum Gasteiger partial charge on any atom is 0.119 e. The van der Waals surface area contributed by atoms with E-state index in [1.165, 1.54) is 0 Å². The standard InChI is InChI=1S/C9H9ClO/c10-8-6-9(8)11-7-4-2-1-3-5-7/h1-5,8-9H,6H2. The molecule has 2 atom stereocenters. The Morgan fingerprint density at radius 2 is 1.91 bits per heavy atom. The van der Waals surface area contributed by atoms with Crippen LogP contribution in [-0.2, 0) is 0 Å². The third-order valence-electron chi connectivity index (χ3n) is 1.69. The molecule has 0 saturated heterocycles. The van der Waals surface area contributed by atoms with Crippen LogP contribution in [0.3, 0.4) is 0 Å². The summed E-state index contributed by atoms with van der Waals surface area (Å²) in [4.78, 5) is 0. The summed E-state index contributed by atoms with van der Waals surface area (Å²) >= 11 is 5.78. The predicted molar refractivity (Wildman–Crippen MR) is 45.1 cm³/mol. The minimum atomic E-state index is 0.232. The SMILES string of the molecule is ClC1CC1Oc1ccccc1. The highest BCUT2D eigenvalue weighted by Gasteiger charge is 2.37. The Hall–Kier alpha value is -0.690. The molecule has 0 N–H and O–H groups in total. The summed E-state index contributed by atoms with van der Waals surface area (Å²) in [5.74, 6) is 0.917. The average molecular weight is 169 g/mol. The molecule has 0 aliphatic heterocycles. The molecule has 1 aliphatic carbocycles. The van der Waals surface area contributed by atoms with Gasteiger partial charge in [0, 0.05) is 6.42 Å². The van der Waals surface area contributed by atoms with Gasteiger partial charge < -0.3 is 4.74 Å². The van der Waals surface area contributed by atoms with E-state index in [9.17, 15) is 0 Å². The van der Waals surface area contributed by atoms with E-state index in [0.717, 1.165) is 12.2 Å². The van der Waals surface area contributed by atoms with E-state index in [2.05, 4.69) is 0 Å². The lowest BCUT2D eigenvalue weighted by atomic mass is 10.3. The predicted octanol–water partition coefficient (Wildman–Crippen LogP) is 2.45. The Kier molecular flexibility index (Phi) is 1.74. The first-order chi connectivity index (χ1) is 5.36. The van der Waals surface area contributed by atoms with Crippen LogP contribution in [-0.4, -0.2) is 11.5 Å². The fourth-order valence-corrected chi connectivity index (χ4v) is 1.17. The molecule has 0 amide bonds. The molecular formula is C9H9ClO. The van der Waals surface area contributed by atoms with Gasteiger partial charge in [0.2, 0.25) is 0 Å². The lowest BCUT2D eigenvalue weighted by Gasteiger charge is -2.02. The molecule has 0 bridgehead atoms. The number of ether oxygens (including phenoxy) is 1. The van der Waals surface area contributed by atoms with Gasteiger partial charge in [0.05, 0.1) is 5.38 Å². The summed E-state index contributed by atoms with van der Waals surface area (Å²) < 4.78 is 5.51. The molecule has 1 saturated carbocycles. The Labute approximate surface area is 70.9 Å². The molecule has 1 aliphatic rings. The second kappa shape index (κ2) is 2.74. The van der Waals surface area contributed by atoms with Crippen LogP contribution in [0.4, 0.5) is 0 Å². The lowest BCUT2D eigenvalue weighted by molar-refractivity contribution is 0.304. The van der Waals surface area contributed by atoms with Crippen molar-refractivity contribution in [2.75, 3.05) is 0 Å². The van der Waals surface area contributed by atoms with Crippen molar-refractivity contribution in [1.29, 1.82) is 0 Å². The van der Waals surface area contributed by atoms with E-state index in [-0.39, 0.29) is 11.5 Å². The van der Waals surface area contributed by atoms with E-state index in [0.29, 0.717) is 0 Å². The molecule has 58 valence electrons. The first-order valence-corrected chi connectivity index (χ1v) is 4.15. The van der Waals surface area contributed by atoms with Crippen LogP contribution < -0.4 is 4.74 Å². The number of rotatable bonds is 2. The molecule has 2 heteroatoms. The van der Waals surface area contributed by atoms with Crippen LogP contribution in [0.2, 0.25) is 0 Å². The molecule has 0 spiro atoms. The van der Waals surface area contributed by atoms with Crippen LogP contribution in [0.15, 0.2) is 30.3 Å². The Balaban J connectivity index is 1.97. The Bertz CT molecular complexity index is 235. The molecule has 0 heterocycles. The van der Waals surface area contributed by atoms with Crippen molar-refractivity contribution in [2.24, 2.45) is 0 Å². The maximum absolute atomic E-state index is 5.78. The summed E-state index contributed by atoms with van der Waals surface area (Å²) in [7, 11) is 0. The minimum absolute atomic E-state index is 0.232. The van der Waals surface area contributed by atoms with Crippen molar-refractivity contribution < 1.29 is 4.74 Å². The summed E-state index contributed by atoms with van der Waals surface area (Å²) in [5, 5.41) is 0.232. The van der Waals surface area contributed by atoms with Gasteiger partial charge in [0.25, 0.3) is 0 Å². The third kappa shape index (κ3) is 1.66. The fourth-order valence-electron chi connectivity index (χ4n) is 0.939. The number of hydrogen-bond acceptors (Lipinski definition) is 1. The third-order valence-corrected chi connectivity index (χ3v) is 2.15. The van der Waals surface area contributed by atoms with Gasteiger partial charge in [-0.25, -0.2) is 0 Å². The van der Waals surface area contributed by atoms with Gasteiger partial charge in [0.15, 0.2) is 0 Å². The Morgan fingerprint density at radius 1 is 1.27 bits per heavy atom. The van der Waals surface area contributed by atoms with E-state index in [1.807, 2.05) is 30.3 Å². The minimum Gasteiger partial charge on any atom is -0.489 e. The van der Waals surface area contributed by atoms with Gasteiger partial charge in [-0.3, -0.25) is 0 Å². The number of benzene rings is 1. The van der Waals surface area contributed by atoms with Gasteiger partial charge >= 0.3 is 0 Å². The van der Waals surface area contributed by atoms with Crippen molar-refractivity contribution in [3.05, 3.63) is 30.3 Å². The smallest absolute Gasteiger partial charge is 0.119 e. The van der Waals surface area contributed by atoms with E-state index < -0.39 is 0 Å². The van der Waals surface area contributed by atoms with Gasteiger partial charge in [0.1, 0.15) is 11.9 Å². The molecular weight excluding hydrogens is 160 g/mol. The number of alkyl halides is 1. The van der Waals surface area contributed by atoms with Crippen molar-refractivity contribution in [3.63, 3.8) is 0 Å². The maximum atomic E-state index is 5.78. The van der Waals surface area contributed by atoms with Crippen molar-refractivity contribution in [3.8, 4) is 5.75 Å². The zero-order valence-corrected chi connectivity index (χ0v) is 6.79. The summed E-state index contributed by atoms with van der Waals surface area (Å²) in [5.41, 5.74) is 0. The van der Waals surface area contributed by atoms with E-state index in [4.69, 9.17) is 16.3 Å². The average Bonchev–Trinajstić information content (AvgIpc) is 2.69. The van der Waals surface area contributed by atoms with Crippen LogP contribution >= 0.6 is 11.6 Å². The monoisotopic (exact) mass is 168 g/mol. The van der Waals surface area contributed by atoms with Gasteiger partial charge in [-0.15, -0.1) is 11.6 Å². The zero-order chi connectivity index (χ0) is 7.68.